The van der Waals surface area contributed by atoms with Crippen LogP contribution in [0.2, 0.25) is 0 Å². The molecule has 4 nitrogen and oxygen atoms in total. The summed E-state index contributed by atoms with van der Waals surface area (Å²) in [5, 5.41) is 17.5. The normalized spacial score (nSPS) is 10.3. The molecule has 0 aliphatic carbocycles. The van der Waals surface area contributed by atoms with Gasteiger partial charge in [-0.15, -0.1) is 0 Å². The highest BCUT2D eigenvalue weighted by atomic mass is 19.1. The van der Waals surface area contributed by atoms with E-state index in [0.717, 1.165) is 24.3 Å². The van der Waals surface area contributed by atoms with Crippen molar-refractivity contribution in [3.63, 3.8) is 0 Å². The van der Waals surface area contributed by atoms with Crippen LogP contribution in [-0.2, 0) is 0 Å². The van der Waals surface area contributed by atoms with E-state index in [9.17, 15) is 18.4 Å². The van der Waals surface area contributed by atoms with Crippen LogP contribution >= 0.6 is 0 Å². The number of benzene rings is 2. The van der Waals surface area contributed by atoms with E-state index in [1.165, 1.54) is 12.1 Å². The van der Waals surface area contributed by atoms with Gasteiger partial charge in [0.05, 0.1) is 11.1 Å². The first-order valence-corrected chi connectivity index (χ1v) is 5.45. The van der Waals surface area contributed by atoms with Gasteiger partial charge in [0.15, 0.2) is 0 Å². The maximum atomic E-state index is 13.6. The molecule has 0 bridgehead atoms. The summed E-state index contributed by atoms with van der Waals surface area (Å²) in [5.41, 5.74) is -0.445. The maximum Gasteiger partial charge on any atom is 0.338 e. The Morgan fingerprint density at radius 1 is 0.850 bits per heavy atom. The van der Waals surface area contributed by atoms with E-state index in [0.29, 0.717) is 0 Å². The van der Waals surface area contributed by atoms with Gasteiger partial charge in [0.2, 0.25) is 0 Å². The minimum Gasteiger partial charge on any atom is -0.478 e. The van der Waals surface area contributed by atoms with E-state index in [1.54, 1.807) is 0 Å². The van der Waals surface area contributed by atoms with Crippen LogP contribution in [0.4, 0.5) is 8.78 Å². The molecule has 0 aromatic heterocycles. The highest BCUT2D eigenvalue weighted by Gasteiger charge is 2.13. The van der Waals surface area contributed by atoms with Gasteiger partial charge in [-0.05, 0) is 41.5 Å². The summed E-state index contributed by atoms with van der Waals surface area (Å²) in [6.07, 6.45) is 0. The van der Waals surface area contributed by atoms with Gasteiger partial charge in [0.1, 0.15) is 11.6 Å². The summed E-state index contributed by atoms with van der Waals surface area (Å²) < 4.78 is 26.9. The molecule has 102 valence electrons. The number of hydrogen-bond acceptors (Lipinski definition) is 2. The lowest BCUT2D eigenvalue weighted by Crippen LogP contribution is -2.01. The molecular weight excluding hydrogens is 270 g/mol. The first-order chi connectivity index (χ1) is 9.38. The van der Waals surface area contributed by atoms with Crippen LogP contribution < -0.4 is 0 Å². The van der Waals surface area contributed by atoms with Crippen molar-refractivity contribution in [3.8, 4) is 11.1 Å². The van der Waals surface area contributed by atoms with Gasteiger partial charge in [-0.25, -0.2) is 18.4 Å². The van der Waals surface area contributed by atoms with Crippen molar-refractivity contribution in [1.29, 1.82) is 0 Å². The molecule has 0 aliphatic heterocycles. The molecule has 6 heteroatoms. The van der Waals surface area contributed by atoms with Gasteiger partial charge < -0.3 is 10.2 Å². The fourth-order valence-corrected chi connectivity index (χ4v) is 1.75. The van der Waals surface area contributed by atoms with Crippen molar-refractivity contribution in [2.24, 2.45) is 0 Å². The Morgan fingerprint density at radius 3 is 2.10 bits per heavy atom. The number of rotatable bonds is 3. The zero-order valence-electron chi connectivity index (χ0n) is 9.93. The molecule has 2 rings (SSSR count). The predicted octanol–water partition coefficient (Wildman–Crippen LogP) is 3.03. The first kappa shape index (κ1) is 13.7. The van der Waals surface area contributed by atoms with Gasteiger partial charge in [0, 0.05) is 0 Å². The maximum absolute atomic E-state index is 13.6. The molecule has 0 aliphatic rings. The molecule has 0 unspecified atom stereocenters. The lowest BCUT2D eigenvalue weighted by atomic mass is 10.0. The Bertz CT molecular complexity index is 710. The average molecular weight is 278 g/mol. The molecule has 0 heterocycles. The van der Waals surface area contributed by atoms with Crippen molar-refractivity contribution in [2.45, 2.75) is 0 Å². The average Bonchev–Trinajstić information content (AvgIpc) is 2.37. The Labute approximate surface area is 111 Å². The Morgan fingerprint density at radius 2 is 1.55 bits per heavy atom. The summed E-state index contributed by atoms with van der Waals surface area (Å²) in [7, 11) is 0. The molecule has 0 spiro atoms. The van der Waals surface area contributed by atoms with Crippen molar-refractivity contribution in [3.05, 3.63) is 59.2 Å². The smallest absolute Gasteiger partial charge is 0.338 e. The van der Waals surface area contributed by atoms with E-state index >= 15 is 0 Å². The van der Waals surface area contributed by atoms with Crippen LogP contribution in [0.3, 0.4) is 0 Å². The predicted molar refractivity (Wildman–Crippen MR) is 65.7 cm³/mol. The fraction of sp³-hybridized carbons (Fsp3) is 0. The van der Waals surface area contributed by atoms with Crippen LogP contribution in [0.5, 0.6) is 0 Å². The van der Waals surface area contributed by atoms with E-state index in [-0.39, 0.29) is 16.7 Å². The zero-order chi connectivity index (χ0) is 14.9. The number of halogens is 2. The van der Waals surface area contributed by atoms with Crippen molar-refractivity contribution in [2.75, 3.05) is 0 Å². The van der Waals surface area contributed by atoms with Crippen molar-refractivity contribution in [1.82, 2.24) is 0 Å². The third kappa shape index (κ3) is 2.64. The van der Waals surface area contributed by atoms with Crippen LogP contribution in [0.15, 0.2) is 36.4 Å². The molecule has 0 atom stereocenters. The largest absolute Gasteiger partial charge is 0.478 e. The van der Waals surface area contributed by atoms with E-state index in [2.05, 4.69) is 0 Å². The molecule has 2 aromatic rings. The minimum absolute atomic E-state index is 0.151. The van der Waals surface area contributed by atoms with Crippen LogP contribution in [-0.4, -0.2) is 22.2 Å². The summed E-state index contributed by atoms with van der Waals surface area (Å²) in [5.74, 6) is -4.48. The second-order valence-corrected chi connectivity index (χ2v) is 4.03. The second kappa shape index (κ2) is 5.08. The molecule has 2 aromatic carbocycles. The quantitative estimate of drug-likeness (QED) is 0.905. The topological polar surface area (TPSA) is 74.6 Å². The Hall–Kier alpha value is -2.76. The third-order valence-electron chi connectivity index (χ3n) is 2.68. The molecule has 0 radical (unpaired) electrons. The van der Waals surface area contributed by atoms with Gasteiger partial charge in [0.25, 0.3) is 0 Å². The Kier molecular flexibility index (Phi) is 3.47. The fourth-order valence-electron chi connectivity index (χ4n) is 1.75. The van der Waals surface area contributed by atoms with Crippen LogP contribution in [0.25, 0.3) is 11.1 Å². The molecule has 0 saturated heterocycles. The molecule has 0 saturated carbocycles. The second-order valence-electron chi connectivity index (χ2n) is 4.03. The van der Waals surface area contributed by atoms with E-state index in [1.807, 2.05) is 0 Å². The summed E-state index contributed by atoms with van der Waals surface area (Å²) in [6, 6.07) is 6.31. The zero-order valence-corrected chi connectivity index (χ0v) is 9.93. The number of aromatic carboxylic acids is 2. The molecule has 0 amide bonds. The SMILES string of the molecule is O=C(O)c1cc(F)cc(-c2ccc(C(=O)O)c(F)c2)c1. The van der Waals surface area contributed by atoms with Crippen molar-refractivity contribution < 1.29 is 28.6 Å². The van der Waals surface area contributed by atoms with Gasteiger partial charge in [-0.1, -0.05) is 6.07 Å². The summed E-state index contributed by atoms with van der Waals surface area (Å²) >= 11 is 0. The lowest BCUT2D eigenvalue weighted by Gasteiger charge is -2.06. The van der Waals surface area contributed by atoms with E-state index < -0.39 is 29.1 Å². The van der Waals surface area contributed by atoms with Gasteiger partial charge >= 0.3 is 11.9 Å². The number of hydrogen-bond donors (Lipinski definition) is 2. The summed E-state index contributed by atoms with van der Waals surface area (Å²) in [4.78, 5) is 21.5. The monoisotopic (exact) mass is 278 g/mol. The number of carboxylic acid groups (broad SMARTS) is 2. The molecular formula is C14H8F2O4. The van der Waals surface area contributed by atoms with E-state index in [4.69, 9.17) is 10.2 Å². The Balaban J connectivity index is 2.54. The van der Waals surface area contributed by atoms with Gasteiger partial charge in [-0.2, -0.15) is 0 Å². The van der Waals surface area contributed by atoms with Gasteiger partial charge in [-0.3, -0.25) is 0 Å². The highest BCUT2D eigenvalue weighted by Crippen LogP contribution is 2.24. The molecule has 20 heavy (non-hydrogen) atoms. The third-order valence-corrected chi connectivity index (χ3v) is 2.68. The lowest BCUT2D eigenvalue weighted by molar-refractivity contribution is 0.0683. The number of carboxylic acids is 2. The van der Waals surface area contributed by atoms with Crippen LogP contribution in [0, 0.1) is 11.6 Å². The standard InChI is InChI=1S/C14H8F2O4/c15-10-4-8(3-9(5-10)13(17)18)7-1-2-11(14(19)20)12(16)6-7/h1-6H,(H,17,18)(H,19,20). The highest BCUT2D eigenvalue weighted by molar-refractivity contribution is 5.90. The number of carbonyl (C=O) groups is 2. The first-order valence-electron chi connectivity index (χ1n) is 5.45. The van der Waals surface area contributed by atoms with Crippen molar-refractivity contribution >= 4 is 11.9 Å². The molecule has 2 N–H and O–H groups in total. The van der Waals surface area contributed by atoms with Crippen LogP contribution in [0.1, 0.15) is 20.7 Å². The molecule has 0 fully saturated rings. The minimum atomic E-state index is -1.42. The summed E-state index contributed by atoms with van der Waals surface area (Å²) in [6.45, 7) is 0.